The largest absolute Gasteiger partial charge is 0.353 e. The van der Waals surface area contributed by atoms with Crippen LogP contribution in [-0.4, -0.2) is 52.1 Å². The number of carbonyl (C=O) groups is 1. The van der Waals surface area contributed by atoms with E-state index in [1.807, 2.05) is 42.2 Å². The Hall–Kier alpha value is -3.22. The predicted molar refractivity (Wildman–Crippen MR) is 110 cm³/mol. The molecule has 1 aliphatic rings. The van der Waals surface area contributed by atoms with Crippen molar-refractivity contribution in [3.05, 3.63) is 60.1 Å². The summed E-state index contributed by atoms with van der Waals surface area (Å²) in [6.07, 6.45) is 3.84. The lowest BCUT2D eigenvalue weighted by atomic mass is 10.1. The molecule has 1 aromatic carbocycles. The van der Waals surface area contributed by atoms with Gasteiger partial charge in [0.25, 0.3) is 0 Å². The first-order valence-corrected chi connectivity index (χ1v) is 10.1. The quantitative estimate of drug-likeness (QED) is 0.643. The summed E-state index contributed by atoms with van der Waals surface area (Å²) < 4.78 is 5.16. The lowest BCUT2D eigenvalue weighted by Crippen LogP contribution is -2.49. The van der Waals surface area contributed by atoms with Crippen LogP contribution in [0.15, 0.2) is 53.2 Å². The highest BCUT2D eigenvalue weighted by Gasteiger charge is 2.21. The summed E-state index contributed by atoms with van der Waals surface area (Å²) >= 11 is 0. The van der Waals surface area contributed by atoms with Crippen LogP contribution in [0.1, 0.15) is 24.8 Å². The maximum atomic E-state index is 12.5. The van der Waals surface area contributed by atoms with Crippen molar-refractivity contribution in [2.75, 3.05) is 31.1 Å². The van der Waals surface area contributed by atoms with Crippen molar-refractivity contribution in [1.29, 1.82) is 0 Å². The van der Waals surface area contributed by atoms with Gasteiger partial charge in [-0.15, -0.1) is 0 Å². The summed E-state index contributed by atoms with van der Waals surface area (Å²) in [5, 5.41) is 3.98. The number of amides is 1. The molecule has 0 unspecified atom stereocenters. The van der Waals surface area contributed by atoms with Gasteiger partial charge in [0, 0.05) is 50.8 Å². The van der Waals surface area contributed by atoms with Gasteiger partial charge in [-0.25, -0.2) is 4.98 Å². The molecule has 0 atom stereocenters. The predicted octanol–water partition coefficient (Wildman–Crippen LogP) is 2.98. The molecule has 0 radical (unpaired) electrons. The maximum absolute atomic E-state index is 12.5. The Morgan fingerprint density at radius 1 is 1.07 bits per heavy atom. The van der Waals surface area contributed by atoms with Gasteiger partial charge >= 0.3 is 0 Å². The first-order chi connectivity index (χ1) is 14.2. The second-order valence-corrected chi connectivity index (χ2v) is 7.12. The van der Waals surface area contributed by atoms with E-state index < -0.39 is 0 Å². The van der Waals surface area contributed by atoms with Gasteiger partial charge in [-0.3, -0.25) is 4.79 Å². The minimum absolute atomic E-state index is 0.223. The van der Waals surface area contributed by atoms with Crippen molar-refractivity contribution >= 4 is 11.7 Å². The molecule has 7 nitrogen and oxygen atoms in total. The van der Waals surface area contributed by atoms with Crippen LogP contribution >= 0.6 is 0 Å². The minimum atomic E-state index is 0.223. The Kier molecular flexibility index (Phi) is 5.84. The molecular formula is C22H25N5O2. The Bertz CT molecular complexity index is 931. The fraction of sp³-hybridized carbons (Fsp3) is 0.364. The number of pyridine rings is 1. The first kappa shape index (κ1) is 19.1. The average Bonchev–Trinajstić information content (AvgIpc) is 3.28. The van der Waals surface area contributed by atoms with Crippen molar-refractivity contribution < 1.29 is 9.32 Å². The molecule has 3 aromatic rings. The van der Waals surface area contributed by atoms with Crippen LogP contribution < -0.4 is 4.90 Å². The number of nitrogens with zero attached hydrogens (tertiary/aromatic N) is 5. The van der Waals surface area contributed by atoms with Crippen molar-refractivity contribution in [3.63, 3.8) is 0 Å². The molecule has 7 heteroatoms. The number of benzene rings is 1. The van der Waals surface area contributed by atoms with Crippen molar-refractivity contribution in [3.8, 4) is 11.4 Å². The van der Waals surface area contributed by atoms with E-state index in [0.29, 0.717) is 24.6 Å². The van der Waals surface area contributed by atoms with Crippen LogP contribution in [0.4, 0.5) is 5.82 Å². The van der Waals surface area contributed by atoms with Crippen LogP contribution in [0.3, 0.4) is 0 Å². The van der Waals surface area contributed by atoms with Gasteiger partial charge < -0.3 is 14.3 Å². The van der Waals surface area contributed by atoms with Gasteiger partial charge in [0.15, 0.2) is 0 Å². The monoisotopic (exact) mass is 391 g/mol. The summed E-state index contributed by atoms with van der Waals surface area (Å²) in [4.78, 5) is 25.6. The van der Waals surface area contributed by atoms with Gasteiger partial charge in [0.05, 0.1) is 0 Å². The number of piperazine rings is 1. The van der Waals surface area contributed by atoms with E-state index >= 15 is 0 Å². The van der Waals surface area contributed by atoms with E-state index in [1.54, 1.807) is 6.20 Å². The molecule has 3 heterocycles. The highest BCUT2D eigenvalue weighted by molar-refractivity contribution is 5.76. The SMILES string of the molecule is CCc1nc(-c2ccc(N3CCN(C(=O)CCc4ccccc4)CC3)nc2)no1. The average molecular weight is 391 g/mol. The fourth-order valence-electron chi connectivity index (χ4n) is 3.46. The summed E-state index contributed by atoms with van der Waals surface area (Å²) in [5.74, 6) is 2.32. The molecule has 0 aliphatic carbocycles. The molecule has 29 heavy (non-hydrogen) atoms. The summed E-state index contributed by atoms with van der Waals surface area (Å²) in [5.41, 5.74) is 2.04. The number of carbonyl (C=O) groups excluding carboxylic acids is 1. The summed E-state index contributed by atoms with van der Waals surface area (Å²) in [6.45, 7) is 4.99. The standard InChI is InChI=1S/C22H25N5O2/c1-2-20-24-22(25-29-20)18-9-10-19(23-16-18)26-12-14-27(15-13-26)21(28)11-8-17-6-4-3-5-7-17/h3-7,9-10,16H,2,8,11-15H2,1H3. The summed E-state index contributed by atoms with van der Waals surface area (Å²) in [7, 11) is 0. The van der Waals surface area contributed by atoms with Crippen LogP contribution in [0, 0.1) is 0 Å². The van der Waals surface area contributed by atoms with E-state index in [9.17, 15) is 4.79 Å². The molecule has 4 rings (SSSR count). The highest BCUT2D eigenvalue weighted by Crippen LogP contribution is 2.20. The fourth-order valence-corrected chi connectivity index (χ4v) is 3.46. The van der Waals surface area contributed by atoms with Crippen LogP contribution in [0.25, 0.3) is 11.4 Å². The number of aryl methyl sites for hydroxylation is 2. The van der Waals surface area contributed by atoms with Gasteiger partial charge in [-0.1, -0.05) is 42.4 Å². The Morgan fingerprint density at radius 3 is 2.52 bits per heavy atom. The summed E-state index contributed by atoms with van der Waals surface area (Å²) in [6, 6.07) is 14.1. The van der Waals surface area contributed by atoms with E-state index in [-0.39, 0.29) is 5.91 Å². The van der Waals surface area contributed by atoms with E-state index in [0.717, 1.165) is 44.0 Å². The molecule has 1 saturated heterocycles. The topological polar surface area (TPSA) is 75.4 Å². The van der Waals surface area contributed by atoms with Crippen molar-refractivity contribution in [1.82, 2.24) is 20.0 Å². The number of anilines is 1. The van der Waals surface area contributed by atoms with E-state index in [2.05, 4.69) is 32.2 Å². The van der Waals surface area contributed by atoms with Gasteiger partial charge in [-0.05, 0) is 24.1 Å². The van der Waals surface area contributed by atoms with Crippen molar-refractivity contribution in [2.45, 2.75) is 26.2 Å². The molecular weight excluding hydrogens is 366 g/mol. The first-order valence-electron chi connectivity index (χ1n) is 10.1. The van der Waals surface area contributed by atoms with Crippen LogP contribution in [0.2, 0.25) is 0 Å². The Morgan fingerprint density at radius 2 is 1.86 bits per heavy atom. The zero-order valence-electron chi connectivity index (χ0n) is 16.6. The molecule has 2 aromatic heterocycles. The highest BCUT2D eigenvalue weighted by atomic mass is 16.5. The smallest absolute Gasteiger partial charge is 0.226 e. The van der Waals surface area contributed by atoms with Gasteiger partial charge in [0.1, 0.15) is 5.82 Å². The second kappa shape index (κ2) is 8.86. The number of rotatable bonds is 6. The molecule has 0 saturated carbocycles. The van der Waals surface area contributed by atoms with E-state index in [4.69, 9.17) is 4.52 Å². The van der Waals surface area contributed by atoms with Crippen LogP contribution in [-0.2, 0) is 17.6 Å². The number of aromatic nitrogens is 3. The van der Waals surface area contributed by atoms with Crippen molar-refractivity contribution in [2.24, 2.45) is 0 Å². The zero-order valence-corrected chi connectivity index (χ0v) is 16.6. The maximum Gasteiger partial charge on any atom is 0.226 e. The molecule has 1 aliphatic heterocycles. The normalized spacial score (nSPS) is 14.2. The van der Waals surface area contributed by atoms with Gasteiger partial charge in [0.2, 0.25) is 17.6 Å². The third-order valence-electron chi connectivity index (χ3n) is 5.20. The third-order valence-corrected chi connectivity index (χ3v) is 5.20. The molecule has 0 spiro atoms. The number of hydrogen-bond donors (Lipinski definition) is 0. The molecule has 150 valence electrons. The molecule has 0 N–H and O–H groups in total. The van der Waals surface area contributed by atoms with Gasteiger partial charge in [-0.2, -0.15) is 4.98 Å². The lowest BCUT2D eigenvalue weighted by molar-refractivity contribution is -0.131. The third kappa shape index (κ3) is 4.62. The second-order valence-electron chi connectivity index (χ2n) is 7.12. The zero-order chi connectivity index (χ0) is 20.1. The molecule has 1 amide bonds. The number of hydrogen-bond acceptors (Lipinski definition) is 6. The Balaban J connectivity index is 1.29. The molecule has 1 fully saturated rings. The van der Waals surface area contributed by atoms with Crippen LogP contribution in [0.5, 0.6) is 0 Å². The minimum Gasteiger partial charge on any atom is -0.353 e. The van der Waals surface area contributed by atoms with E-state index in [1.165, 1.54) is 5.56 Å². The lowest BCUT2D eigenvalue weighted by Gasteiger charge is -2.35. The Labute approximate surface area is 170 Å². The molecule has 0 bridgehead atoms.